The molecule has 0 radical (unpaired) electrons. The normalized spacial score (nSPS) is 21.4. The monoisotopic (exact) mass is 220 g/mol. The van der Waals surface area contributed by atoms with Crippen LogP contribution < -0.4 is 5.32 Å². The van der Waals surface area contributed by atoms with Gasteiger partial charge in [-0.3, -0.25) is 0 Å². The van der Waals surface area contributed by atoms with E-state index in [4.69, 9.17) is 4.74 Å². The zero-order valence-electron chi connectivity index (χ0n) is 8.79. The van der Waals surface area contributed by atoms with Crippen molar-refractivity contribution in [3.05, 3.63) is 35.8 Å². The van der Waals surface area contributed by atoms with Crippen LogP contribution in [0.4, 0.5) is 4.39 Å². The van der Waals surface area contributed by atoms with Gasteiger partial charge < -0.3 is 15.0 Å². The fraction of sp³-hybridized carbons (Fsp3) is 0.333. The molecule has 1 saturated heterocycles. The van der Waals surface area contributed by atoms with Crippen molar-refractivity contribution in [3.63, 3.8) is 0 Å². The molecule has 0 bridgehead atoms. The number of ether oxygens (including phenoxy) is 1. The Morgan fingerprint density at radius 1 is 1.38 bits per heavy atom. The predicted molar refractivity (Wildman–Crippen MR) is 59.8 cm³/mol. The van der Waals surface area contributed by atoms with Crippen LogP contribution in [0.3, 0.4) is 0 Å². The highest BCUT2D eigenvalue weighted by molar-refractivity contribution is 5.84. The second kappa shape index (κ2) is 3.88. The Labute approximate surface area is 92.6 Å². The summed E-state index contributed by atoms with van der Waals surface area (Å²) < 4.78 is 19.1. The molecule has 3 rings (SSSR count). The number of H-pyrrole nitrogens is 1. The summed E-state index contributed by atoms with van der Waals surface area (Å²) >= 11 is 0. The lowest BCUT2D eigenvalue weighted by Gasteiger charge is -2.23. The van der Waals surface area contributed by atoms with Gasteiger partial charge in [-0.15, -0.1) is 0 Å². The number of aromatic nitrogens is 1. The van der Waals surface area contributed by atoms with Crippen molar-refractivity contribution >= 4 is 10.9 Å². The van der Waals surface area contributed by atoms with E-state index in [1.54, 1.807) is 6.07 Å². The molecular weight excluding hydrogens is 207 g/mol. The van der Waals surface area contributed by atoms with Gasteiger partial charge in [-0.05, 0) is 17.7 Å². The molecule has 1 aromatic carbocycles. The highest BCUT2D eigenvalue weighted by atomic mass is 19.1. The van der Waals surface area contributed by atoms with Crippen LogP contribution in [0, 0.1) is 5.82 Å². The Morgan fingerprint density at radius 3 is 3.12 bits per heavy atom. The number of nitrogens with one attached hydrogen (secondary N) is 2. The lowest BCUT2D eigenvalue weighted by molar-refractivity contribution is 0.0772. The van der Waals surface area contributed by atoms with Gasteiger partial charge in [0.05, 0.1) is 19.3 Å². The van der Waals surface area contributed by atoms with Gasteiger partial charge in [-0.1, -0.05) is 6.07 Å². The lowest BCUT2D eigenvalue weighted by atomic mass is 10.1. The Balaban J connectivity index is 2.09. The van der Waals surface area contributed by atoms with Crippen molar-refractivity contribution in [3.8, 4) is 0 Å². The molecule has 1 aromatic heterocycles. The molecule has 3 nitrogen and oxygen atoms in total. The maximum absolute atomic E-state index is 13.7. The first kappa shape index (κ1) is 9.81. The van der Waals surface area contributed by atoms with Gasteiger partial charge in [-0.2, -0.15) is 0 Å². The highest BCUT2D eigenvalue weighted by Gasteiger charge is 2.20. The molecule has 16 heavy (non-hydrogen) atoms. The summed E-state index contributed by atoms with van der Waals surface area (Å²) in [6, 6.07) is 5.16. The first-order valence-corrected chi connectivity index (χ1v) is 5.43. The molecule has 1 atom stereocenters. The van der Waals surface area contributed by atoms with Crippen molar-refractivity contribution in [2.75, 3.05) is 19.8 Å². The minimum Gasteiger partial charge on any atom is -0.378 e. The molecule has 1 unspecified atom stereocenters. The number of rotatable bonds is 1. The van der Waals surface area contributed by atoms with E-state index in [0.29, 0.717) is 12.0 Å². The van der Waals surface area contributed by atoms with Crippen LogP contribution >= 0.6 is 0 Å². The van der Waals surface area contributed by atoms with Gasteiger partial charge in [0.25, 0.3) is 0 Å². The molecule has 4 heteroatoms. The van der Waals surface area contributed by atoms with Crippen LogP contribution in [0.15, 0.2) is 24.4 Å². The van der Waals surface area contributed by atoms with Crippen LogP contribution in [-0.4, -0.2) is 24.7 Å². The third-order valence-electron chi connectivity index (χ3n) is 2.98. The second-order valence-corrected chi connectivity index (χ2v) is 3.99. The van der Waals surface area contributed by atoms with Crippen molar-refractivity contribution < 1.29 is 9.13 Å². The van der Waals surface area contributed by atoms with Crippen LogP contribution in [0.25, 0.3) is 10.9 Å². The van der Waals surface area contributed by atoms with Gasteiger partial charge in [0.2, 0.25) is 0 Å². The van der Waals surface area contributed by atoms with Crippen LogP contribution in [0.5, 0.6) is 0 Å². The van der Waals surface area contributed by atoms with Gasteiger partial charge in [0, 0.05) is 23.6 Å². The molecule has 2 aromatic rings. The molecule has 0 spiro atoms. The molecule has 84 valence electrons. The van der Waals surface area contributed by atoms with Gasteiger partial charge in [-0.25, -0.2) is 4.39 Å². The molecule has 0 saturated carbocycles. The van der Waals surface area contributed by atoms with Crippen molar-refractivity contribution in [1.29, 1.82) is 0 Å². The summed E-state index contributed by atoms with van der Waals surface area (Å²) in [6.07, 6.45) is 1.86. The number of aromatic amines is 1. The summed E-state index contributed by atoms with van der Waals surface area (Å²) in [5.41, 5.74) is 1.79. The quantitative estimate of drug-likeness (QED) is 0.771. The maximum atomic E-state index is 13.7. The molecular formula is C12H13FN2O. The zero-order chi connectivity index (χ0) is 11.0. The van der Waals surface area contributed by atoms with Crippen molar-refractivity contribution in [2.45, 2.75) is 6.04 Å². The van der Waals surface area contributed by atoms with E-state index in [1.165, 1.54) is 6.07 Å². The third kappa shape index (κ3) is 1.50. The van der Waals surface area contributed by atoms with Crippen LogP contribution in [0.1, 0.15) is 11.6 Å². The van der Waals surface area contributed by atoms with E-state index in [-0.39, 0.29) is 11.9 Å². The average Bonchev–Trinajstić information content (AvgIpc) is 2.75. The van der Waals surface area contributed by atoms with E-state index in [0.717, 1.165) is 24.2 Å². The minimum absolute atomic E-state index is 0.0828. The van der Waals surface area contributed by atoms with Crippen LogP contribution in [0.2, 0.25) is 0 Å². The fourth-order valence-corrected chi connectivity index (χ4v) is 2.21. The maximum Gasteiger partial charge on any atom is 0.132 e. The van der Waals surface area contributed by atoms with Gasteiger partial charge in [0.1, 0.15) is 5.82 Å². The summed E-state index contributed by atoms with van der Waals surface area (Å²) in [4.78, 5) is 3.09. The Bertz CT molecular complexity index is 503. The fourth-order valence-electron chi connectivity index (χ4n) is 2.21. The summed E-state index contributed by atoms with van der Waals surface area (Å²) in [5, 5.41) is 4.00. The topological polar surface area (TPSA) is 37.0 Å². The summed E-state index contributed by atoms with van der Waals surface area (Å²) in [7, 11) is 0. The average molecular weight is 220 g/mol. The SMILES string of the molecule is Fc1cccc2[nH]cc(C3COCCN3)c12. The number of morpholine rings is 1. The van der Waals surface area contributed by atoms with E-state index in [9.17, 15) is 4.39 Å². The smallest absolute Gasteiger partial charge is 0.132 e. The Hall–Kier alpha value is -1.39. The molecule has 1 aliphatic heterocycles. The zero-order valence-corrected chi connectivity index (χ0v) is 8.79. The second-order valence-electron chi connectivity index (χ2n) is 3.99. The number of hydrogen-bond donors (Lipinski definition) is 2. The largest absolute Gasteiger partial charge is 0.378 e. The number of fused-ring (bicyclic) bond motifs is 1. The molecule has 1 fully saturated rings. The first-order chi connectivity index (χ1) is 7.86. The van der Waals surface area contributed by atoms with E-state index >= 15 is 0 Å². The molecule has 2 heterocycles. The highest BCUT2D eigenvalue weighted by Crippen LogP contribution is 2.27. The standard InChI is InChI=1S/C12H13FN2O/c13-9-2-1-3-10-12(9)8(6-15-10)11-7-16-5-4-14-11/h1-3,6,11,14-15H,4-5,7H2. The molecule has 0 amide bonds. The van der Waals surface area contributed by atoms with E-state index in [1.807, 2.05) is 12.3 Å². The number of benzene rings is 1. The van der Waals surface area contributed by atoms with Gasteiger partial charge >= 0.3 is 0 Å². The lowest BCUT2D eigenvalue weighted by Crippen LogP contribution is -2.34. The van der Waals surface area contributed by atoms with E-state index < -0.39 is 0 Å². The van der Waals surface area contributed by atoms with Gasteiger partial charge in [0.15, 0.2) is 0 Å². The molecule has 1 aliphatic rings. The van der Waals surface area contributed by atoms with E-state index in [2.05, 4.69) is 10.3 Å². The Kier molecular flexibility index (Phi) is 2.38. The number of hydrogen-bond acceptors (Lipinski definition) is 2. The first-order valence-electron chi connectivity index (χ1n) is 5.43. The van der Waals surface area contributed by atoms with Crippen molar-refractivity contribution in [1.82, 2.24) is 10.3 Å². The predicted octanol–water partition coefficient (Wildman–Crippen LogP) is 1.97. The number of halogens is 1. The third-order valence-corrected chi connectivity index (χ3v) is 2.98. The molecule has 2 N–H and O–H groups in total. The Morgan fingerprint density at radius 2 is 2.31 bits per heavy atom. The minimum atomic E-state index is -0.180. The van der Waals surface area contributed by atoms with Crippen molar-refractivity contribution in [2.24, 2.45) is 0 Å². The van der Waals surface area contributed by atoms with Crippen LogP contribution in [-0.2, 0) is 4.74 Å². The summed E-state index contributed by atoms with van der Waals surface area (Å²) in [5.74, 6) is -0.180. The molecule has 0 aliphatic carbocycles. The summed E-state index contributed by atoms with van der Waals surface area (Å²) in [6.45, 7) is 2.13.